The Morgan fingerprint density at radius 3 is 2.45 bits per heavy atom. The highest BCUT2D eigenvalue weighted by molar-refractivity contribution is 5.86. The zero-order valence-corrected chi connectivity index (χ0v) is 12.3. The molecular formula is C14H25N3O3. The number of nitrogens with zero attached hydrogens (tertiary/aromatic N) is 1. The molecule has 0 spiro atoms. The van der Waals surface area contributed by atoms with Crippen LogP contribution in [0.1, 0.15) is 33.1 Å². The van der Waals surface area contributed by atoms with Gasteiger partial charge in [0.1, 0.15) is 0 Å². The van der Waals surface area contributed by atoms with Crippen molar-refractivity contribution < 1.29 is 14.7 Å². The largest absolute Gasteiger partial charge is 0.481 e. The summed E-state index contributed by atoms with van der Waals surface area (Å²) >= 11 is 0. The Balaban J connectivity index is 1.95. The SMILES string of the molecule is CC(C)(C(=O)NC(CC(=O)O)C1CC1)N1CCNCC1. The van der Waals surface area contributed by atoms with Crippen LogP contribution in [0.5, 0.6) is 0 Å². The summed E-state index contributed by atoms with van der Waals surface area (Å²) < 4.78 is 0. The van der Waals surface area contributed by atoms with Gasteiger partial charge < -0.3 is 15.7 Å². The number of carboxylic acid groups (broad SMARTS) is 1. The Kier molecular flexibility index (Phi) is 4.65. The number of rotatable bonds is 6. The van der Waals surface area contributed by atoms with Gasteiger partial charge in [-0.05, 0) is 32.6 Å². The van der Waals surface area contributed by atoms with Crippen molar-refractivity contribution in [2.45, 2.75) is 44.7 Å². The van der Waals surface area contributed by atoms with Crippen molar-refractivity contribution in [1.29, 1.82) is 0 Å². The van der Waals surface area contributed by atoms with Crippen LogP contribution < -0.4 is 10.6 Å². The first-order chi connectivity index (χ1) is 9.41. The average Bonchev–Trinajstić information content (AvgIpc) is 3.22. The molecule has 1 amide bonds. The minimum absolute atomic E-state index is 0.0219. The van der Waals surface area contributed by atoms with Gasteiger partial charge in [0.25, 0.3) is 0 Å². The fraction of sp³-hybridized carbons (Fsp3) is 0.857. The lowest BCUT2D eigenvalue weighted by Gasteiger charge is -2.40. The van der Waals surface area contributed by atoms with E-state index in [2.05, 4.69) is 15.5 Å². The Labute approximate surface area is 119 Å². The Bertz CT molecular complexity index is 374. The lowest BCUT2D eigenvalue weighted by atomic mass is 9.98. The van der Waals surface area contributed by atoms with Crippen LogP contribution in [0.15, 0.2) is 0 Å². The van der Waals surface area contributed by atoms with Crippen molar-refractivity contribution in [3.8, 4) is 0 Å². The predicted octanol–water partition coefficient (Wildman–Crippen LogP) is 0.0397. The number of nitrogens with one attached hydrogen (secondary N) is 2. The average molecular weight is 283 g/mol. The van der Waals surface area contributed by atoms with E-state index in [0.29, 0.717) is 5.92 Å². The Morgan fingerprint density at radius 1 is 1.35 bits per heavy atom. The molecule has 1 atom stereocenters. The monoisotopic (exact) mass is 283 g/mol. The van der Waals surface area contributed by atoms with E-state index >= 15 is 0 Å². The lowest BCUT2D eigenvalue weighted by Crippen LogP contribution is -2.61. The van der Waals surface area contributed by atoms with Crippen molar-refractivity contribution in [1.82, 2.24) is 15.5 Å². The van der Waals surface area contributed by atoms with Crippen LogP contribution >= 0.6 is 0 Å². The smallest absolute Gasteiger partial charge is 0.305 e. The number of piperazine rings is 1. The number of carboxylic acids is 1. The molecule has 1 unspecified atom stereocenters. The van der Waals surface area contributed by atoms with Gasteiger partial charge in [-0.2, -0.15) is 0 Å². The highest BCUT2D eigenvalue weighted by atomic mass is 16.4. The maximum absolute atomic E-state index is 12.5. The van der Waals surface area contributed by atoms with Gasteiger partial charge in [0, 0.05) is 32.2 Å². The summed E-state index contributed by atoms with van der Waals surface area (Å²) in [6, 6.07) is -0.220. The van der Waals surface area contributed by atoms with Crippen molar-refractivity contribution in [2.24, 2.45) is 5.92 Å². The highest BCUT2D eigenvalue weighted by Crippen LogP contribution is 2.34. The van der Waals surface area contributed by atoms with E-state index in [4.69, 9.17) is 5.11 Å². The summed E-state index contributed by atoms with van der Waals surface area (Å²) in [7, 11) is 0. The van der Waals surface area contributed by atoms with Gasteiger partial charge in [-0.25, -0.2) is 0 Å². The number of amides is 1. The zero-order valence-electron chi connectivity index (χ0n) is 12.3. The van der Waals surface area contributed by atoms with Gasteiger partial charge in [0.05, 0.1) is 12.0 Å². The van der Waals surface area contributed by atoms with Crippen LogP contribution in [0.3, 0.4) is 0 Å². The molecule has 1 aliphatic heterocycles. The second-order valence-corrected chi connectivity index (χ2v) is 6.31. The van der Waals surface area contributed by atoms with Gasteiger partial charge in [-0.3, -0.25) is 14.5 Å². The second-order valence-electron chi connectivity index (χ2n) is 6.31. The first kappa shape index (κ1) is 15.3. The van der Waals surface area contributed by atoms with Crippen molar-refractivity contribution in [2.75, 3.05) is 26.2 Å². The maximum atomic E-state index is 12.5. The molecule has 20 heavy (non-hydrogen) atoms. The Hall–Kier alpha value is -1.14. The molecule has 0 aromatic rings. The minimum atomic E-state index is -0.845. The van der Waals surface area contributed by atoms with Gasteiger partial charge in [-0.1, -0.05) is 0 Å². The van der Waals surface area contributed by atoms with Crippen LogP contribution in [-0.2, 0) is 9.59 Å². The number of carbonyl (C=O) groups excluding carboxylic acids is 1. The van der Waals surface area contributed by atoms with E-state index in [1.54, 1.807) is 0 Å². The maximum Gasteiger partial charge on any atom is 0.305 e. The summed E-state index contributed by atoms with van der Waals surface area (Å²) in [6.07, 6.45) is 2.06. The van der Waals surface area contributed by atoms with E-state index in [1.165, 1.54) is 0 Å². The predicted molar refractivity (Wildman–Crippen MR) is 75.4 cm³/mol. The molecule has 1 saturated heterocycles. The molecule has 0 aromatic carbocycles. The number of aliphatic carboxylic acids is 1. The third kappa shape index (κ3) is 3.70. The Morgan fingerprint density at radius 2 is 1.95 bits per heavy atom. The summed E-state index contributed by atoms with van der Waals surface area (Å²) in [5, 5.41) is 15.2. The van der Waals surface area contributed by atoms with Crippen LogP contribution in [0.25, 0.3) is 0 Å². The minimum Gasteiger partial charge on any atom is -0.481 e. The molecule has 1 saturated carbocycles. The van der Waals surface area contributed by atoms with Gasteiger partial charge in [-0.15, -0.1) is 0 Å². The molecular weight excluding hydrogens is 258 g/mol. The molecule has 0 aromatic heterocycles. The molecule has 0 bridgehead atoms. The van der Waals surface area contributed by atoms with E-state index in [-0.39, 0.29) is 18.4 Å². The van der Waals surface area contributed by atoms with Crippen LogP contribution in [0, 0.1) is 5.92 Å². The normalized spacial score (nSPS) is 22.3. The second kappa shape index (κ2) is 6.10. The summed E-state index contributed by atoms with van der Waals surface area (Å²) in [6.45, 7) is 7.29. The van der Waals surface area contributed by atoms with Crippen molar-refractivity contribution >= 4 is 11.9 Å². The lowest BCUT2D eigenvalue weighted by molar-refractivity contribution is -0.138. The van der Waals surface area contributed by atoms with Crippen LogP contribution in [-0.4, -0.2) is 59.6 Å². The van der Waals surface area contributed by atoms with Gasteiger partial charge in [0.15, 0.2) is 0 Å². The molecule has 2 aliphatic rings. The molecule has 6 heteroatoms. The molecule has 1 aliphatic carbocycles. The summed E-state index contributed by atoms with van der Waals surface area (Å²) in [5.41, 5.74) is -0.590. The van der Waals surface area contributed by atoms with Gasteiger partial charge in [0.2, 0.25) is 5.91 Å². The quantitative estimate of drug-likeness (QED) is 0.641. The zero-order chi connectivity index (χ0) is 14.8. The molecule has 3 N–H and O–H groups in total. The van der Waals surface area contributed by atoms with E-state index in [0.717, 1.165) is 39.0 Å². The highest BCUT2D eigenvalue weighted by Gasteiger charge is 2.39. The molecule has 114 valence electrons. The third-order valence-corrected chi connectivity index (χ3v) is 4.37. The van der Waals surface area contributed by atoms with Crippen molar-refractivity contribution in [3.63, 3.8) is 0 Å². The topological polar surface area (TPSA) is 81.7 Å². The first-order valence-corrected chi connectivity index (χ1v) is 7.40. The molecule has 2 rings (SSSR count). The first-order valence-electron chi connectivity index (χ1n) is 7.40. The number of hydrogen-bond donors (Lipinski definition) is 3. The van der Waals surface area contributed by atoms with Crippen molar-refractivity contribution in [3.05, 3.63) is 0 Å². The van der Waals surface area contributed by atoms with E-state index < -0.39 is 11.5 Å². The van der Waals surface area contributed by atoms with Gasteiger partial charge >= 0.3 is 5.97 Å². The standard InChI is InChI=1S/C14H25N3O3/c1-14(2,17-7-5-15-6-8-17)13(20)16-11(9-12(18)19)10-3-4-10/h10-11,15H,3-9H2,1-2H3,(H,16,20)(H,18,19). The fourth-order valence-corrected chi connectivity index (χ4v) is 2.73. The third-order valence-electron chi connectivity index (χ3n) is 4.37. The van der Waals surface area contributed by atoms with Crippen LogP contribution in [0.4, 0.5) is 0 Å². The van der Waals surface area contributed by atoms with E-state index in [1.807, 2.05) is 13.8 Å². The number of hydrogen-bond acceptors (Lipinski definition) is 4. The molecule has 6 nitrogen and oxygen atoms in total. The molecule has 0 radical (unpaired) electrons. The number of carbonyl (C=O) groups is 2. The van der Waals surface area contributed by atoms with E-state index in [9.17, 15) is 9.59 Å². The molecule has 2 fully saturated rings. The molecule has 1 heterocycles. The van der Waals surface area contributed by atoms with Crippen LogP contribution in [0.2, 0.25) is 0 Å². The summed E-state index contributed by atoms with van der Waals surface area (Å²) in [5.74, 6) is -0.561. The summed E-state index contributed by atoms with van der Waals surface area (Å²) in [4.78, 5) is 25.6. The fourth-order valence-electron chi connectivity index (χ4n) is 2.73.